The largest absolute Gasteiger partial charge is 0.505 e. The van der Waals surface area contributed by atoms with Crippen molar-refractivity contribution in [2.45, 2.75) is 6.92 Å². The highest BCUT2D eigenvalue weighted by Crippen LogP contribution is 2.32. The molecule has 0 amide bonds. The lowest BCUT2D eigenvalue weighted by Crippen LogP contribution is -1.86. The number of pyridine rings is 1. The predicted molar refractivity (Wildman–Crippen MR) is 55.8 cm³/mol. The molecule has 2 aromatic rings. The summed E-state index contributed by atoms with van der Waals surface area (Å²) in [5, 5.41) is 10.5. The summed E-state index contributed by atoms with van der Waals surface area (Å²) < 4.78 is 0.718. The van der Waals surface area contributed by atoms with Crippen molar-refractivity contribution in [2.75, 3.05) is 0 Å². The van der Waals surface area contributed by atoms with Crippen molar-refractivity contribution in [3.63, 3.8) is 0 Å². The number of fused-ring (bicyclic) bond motifs is 1. The first kappa shape index (κ1) is 8.51. The molecule has 66 valence electrons. The van der Waals surface area contributed by atoms with Gasteiger partial charge in [0.2, 0.25) is 0 Å². The second-order valence-corrected chi connectivity index (χ2v) is 3.67. The fraction of sp³-hybridized carbons (Fsp3) is 0.100. The van der Waals surface area contributed by atoms with Crippen LogP contribution in [0.4, 0.5) is 0 Å². The van der Waals surface area contributed by atoms with Gasteiger partial charge in [-0.3, -0.25) is 0 Å². The molecule has 1 aromatic carbocycles. The normalized spacial score (nSPS) is 10.6. The zero-order chi connectivity index (χ0) is 9.42. The summed E-state index contributed by atoms with van der Waals surface area (Å²) >= 11 is 3.34. The standard InChI is InChI=1S/C10H8BrNO/c1-6-10(13)9(11)7-4-2-3-5-8(7)12-6/h2-5,13H,1H3. The van der Waals surface area contributed by atoms with Crippen molar-refractivity contribution in [3.8, 4) is 5.75 Å². The maximum atomic E-state index is 9.59. The number of nitrogens with zero attached hydrogens (tertiary/aromatic N) is 1. The van der Waals surface area contributed by atoms with Crippen LogP contribution in [0.25, 0.3) is 10.9 Å². The molecule has 0 aliphatic carbocycles. The number of aromatic nitrogens is 1. The van der Waals surface area contributed by atoms with E-state index in [4.69, 9.17) is 0 Å². The smallest absolute Gasteiger partial charge is 0.151 e. The van der Waals surface area contributed by atoms with E-state index in [9.17, 15) is 5.11 Å². The van der Waals surface area contributed by atoms with Crippen molar-refractivity contribution >= 4 is 26.8 Å². The summed E-state index contributed by atoms with van der Waals surface area (Å²) in [5.41, 5.74) is 1.54. The van der Waals surface area contributed by atoms with Crippen LogP contribution in [0.3, 0.4) is 0 Å². The van der Waals surface area contributed by atoms with Crippen LogP contribution in [0.2, 0.25) is 0 Å². The molecule has 13 heavy (non-hydrogen) atoms. The van der Waals surface area contributed by atoms with Gasteiger partial charge >= 0.3 is 0 Å². The molecule has 0 spiro atoms. The van der Waals surface area contributed by atoms with Gasteiger partial charge in [0.15, 0.2) is 5.75 Å². The molecule has 2 nitrogen and oxygen atoms in total. The summed E-state index contributed by atoms with van der Waals surface area (Å²) in [4.78, 5) is 4.26. The Balaban J connectivity index is 2.94. The Morgan fingerprint density at radius 2 is 2.00 bits per heavy atom. The first-order valence-electron chi connectivity index (χ1n) is 3.94. The molecular formula is C10H8BrNO. The third-order valence-electron chi connectivity index (χ3n) is 1.98. The number of hydrogen-bond donors (Lipinski definition) is 1. The summed E-state index contributed by atoms with van der Waals surface area (Å²) in [6, 6.07) is 7.69. The molecule has 1 aromatic heterocycles. The minimum atomic E-state index is 0.221. The Kier molecular flexibility index (Phi) is 1.96. The lowest BCUT2D eigenvalue weighted by molar-refractivity contribution is 0.465. The monoisotopic (exact) mass is 237 g/mol. The Hall–Kier alpha value is -1.09. The van der Waals surface area contributed by atoms with Crippen LogP contribution in [-0.2, 0) is 0 Å². The van der Waals surface area contributed by atoms with Crippen molar-refractivity contribution in [3.05, 3.63) is 34.4 Å². The van der Waals surface area contributed by atoms with E-state index in [1.54, 1.807) is 6.92 Å². The molecule has 3 heteroatoms. The number of rotatable bonds is 0. The van der Waals surface area contributed by atoms with Crippen molar-refractivity contribution in [2.24, 2.45) is 0 Å². The molecule has 0 saturated heterocycles. The molecule has 0 aliphatic heterocycles. The summed E-state index contributed by atoms with van der Waals surface area (Å²) in [5.74, 6) is 0.221. The number of hydrogen-bond acceptors (Lipinski definition) is 2. The molecule has 1 heterocycles. The van der Waals surface area contributed by atoms with Crippen LogP contribution in [0, 0.1) is 6.92 Å². The van der Waals surface area contributed by atoms with Crippen LogP contribution in [0.1, 0.15) is 5.69 Å². The molecule has 0 saturated carbocycles. The van der Waals surface area contributed by atoms with E-state index in [0.717, 1.165) is 15.4 Å². The van der Waals surface area contributed by atoms with Crippen LogP contribution < -0.4 is 0 Å². The van der Waals surface area contributed by atoms with Crippen molar-refractivity contribution < 1.29 is 5.11 Å². The Morgan fingerprint density at radius 3 is 2.77 bits per heavy atom. The van der Waals surface area contributed by atoms with Gasteiger partial charge in [-0.2, -0.15) is 0 Å². The van der Waals surface area contributed by atoms with E-state index in [1.165, 1.54) is 0 Å². The van der Waals surface area contributed by atoms with Gasteiger partial charge in [-0.05, 0) is 28.9 Å². The molecule has 2 rings (SSSR count). The number of aryl methyl sites for hydroxylation is 1. The highest BCUT2D eigenvalue weighted by Gasteiger charge is 2.07. The first-order valence-corrected chi connectivity index (χ1v) is 4.73. The minimum Gasteiger partial charge on any atom is -0.505 e. The summed E-state index contributed by atoms with van der Waals surface area (Å²) in [6.07, 6.45) is 0. The SMILES string of the molecule is Cc1nc2ccccc2c(Br)c1O. The highest BCUT2D eigenvalue weighted by atomic mass is 79.9. The van der Waals surface area contributed by atoms with Crippen molar-refractivity contribution in [1.82, 2.24) is 4.98 Å². The van der Waals surface area contributed by atoms with E-state index < -0.39 is 0 Å². The molecule has 0 fully saturated rings. The second kappa shape index (κ2) is 3.00. The Bertz CT molecular complexity index is 468. The van der Waals surface area contributed by atoms with Gasteiger partial charge in [-0.1, -0.05) is 18.2 Å². The molecule has 0 unspecified atom stereocenters. The van der Waals surface area contributed by atoms with Crippen LogP contribution >= 0.6 is 15.9 Å². The van der Waals surface area contributed by atoms with E-state index in [1.807, 2.05) is 24.3 Å². The van der Waals surface area contributed by atoms with E-state index >= 15 is 0 Å². The Labute approximate surface area is 84.4 Å². The second-order valence-electron chi connectivity index (χ2n) is 2.88. The molecule has 0 bridgehead atoms. The predicted octanol–water partition coefficient (Wildman–Crippen LogP) is 3.01. The van der Waals surface area contributed by atoms with Gasteiger partial charge in [-0.15, -0.1) is 0 Å². The van der Waals surface area contributed by atoms with E-state index in [-0.39, 0.29) is 5.75 Å². The maximum absolute atomic E-state index is 9.59. The minimum absolute atomic E-state index is 0.221. The third-order valence-corrected chi connectivity index (χ3v) is 2.78. The summed E-state index contributed by atoms with van der Waals surface area (Å²) in [6.45, 7) is 1.78. The van der Waals surface area contributed by atoms with Gasteiger partial charge in [0, 0.05) is 5.39 Å². The number of benzene rings is 1. The zero-order valence-corrected chi connectivity index (χ0v) is 8.67. The average Bonchev–Trinajstić information content (AvgIpc) is 2.15. The molecule has 1 N–H and O–H groups in total. The topological polar surface area (TPSA) is 33.1 Å². The van der Waals surface area contributed by atoms with Crippen LogP contribution in [-0.4, -0.2) is 10.1 Å². The fourth-order valence-corrected chi connectivity index (χ4v) is 1.90. The summed E-state index contributed by atoms with van der Waals surface area (Å²) in [7, 11) is 0. The number of para-hydroxylation sites is 1. The van der Waals surface area contributed by atoms with Gasteiger partial charge in [-0.25, -0.2) is 4.98 Å². The quantitative estimate of drug-likeness (QED) is 0.765. The van der Waals surface area contributed by atoms with E-state index in [0.29, 0.717) is 5.69 Å². The van der Waals surface area contributed by atoms with Crippen LogP contribution in [0.15, 0.2) is 28.7 Å². The van der Waals surface area contributed by atoms with Crippen molar-refractivity contribution in [1.29, 1.82) is 0 Å². The van der Waals surface area contributed by atoms with E-state index in [2.05, 4.69) is 20.9 Å². The average molecular weight is 238 g/mol. The zero-order valence-electron chi connectivity index (χ0n) is 7.08. The lowest BCUT2D eigenvalue weighted by atomic mass is 10.2. The van der Waals surface area contributed by atoms with Gasteiger partial charge in [0.1, 0.15) is 0 Å². The number of aromatic hydroxyl groups is 1. The lowest BCUT2D eigenvalue weighted by Gasteiger charge is -2.04. The Morgan fingerprint density at radius 1 is 1.31 bits per heavy atom. The van der Waals surface area contributed by atoms with Gasteiger partial charge < -0.3 is 5.11 Å². The highest BCUT2D eigenvalue weighted by molar-refractivity contribution is 9.10. The first-order chi connectivity index (χ1) is 6.20. The number of halogens is 1. The molecule has 0 aliphatic rings. The molecular weight excluding hydrogens is 230 g/mol. The van der Waals surface area contributed by atoms with Crippen LogP contribution in [0.5, 0.6) is 5.75 Å². The van der Waals surface area contributed by atoms with Gasteiger partial charge in [0.25, 0.3) is 0 Å². The maximum Gasteiger partial charge on any atom is 0.151 e. The fourth-order valence-electron chi connectivity index (χ4n) is 1.28. The van der Waals surface area contributed by atoms with Gasteiger partial charge in [0.05, 0.1) is 15.7 Å². The molecule has 0 radical (unpaired) electrons. The third kappa shape index (κ3) is 1.29. The molecule has 0 atom stereocenters.